The molecular formula is C48H64O6Si. The Labute approximate surface area is 332 Å². The highest BCUT2D eigenvalue weighted by molar-refractivity contribution is 6.99. The van der Waals surface area contributed by atoms with Gasteiger partial charge >= 0.3 is 5.97 Å². The van der Waals surface area contributed by atoms with E-state index in [0.717, 1.165) is 42.6 Å². The summed E-state index contributed by atoms with van der Waals surface area (Å²) in [6.07, 6.45) is 6.84. The molecule has 0 aliphatic heterocycles. The van der Waals surface area contributed by atoms with Crippen molar-refractivity contribution in [3.63, 3.8) is 0 Å². The molecule has 0 aliphatic carbocycles. The Bertz CT molecular complexity index is 1630. The molecule has 4 rings (SSSR count). The molecule has 4 atom stereocenters. The van der Waals surface area contributed by atoms with Crippen molar-refractivity contribution < 1.29 is 28.2 Å². The minimum absolute atomic E-state index is 0.115. The third-order valence-electron chi connectivity index (χ3n) is 10.5. The van der Waals surface area contributed by atoms with Crippen LogP contribution in [0.2, 0.25) is 5.04 Å². The summed E-state index contributed by atoms with van der Waals surface area (Å²) >= 11 is 0. The summed E-state index contributed by atoms with van der Waals surface area (Å²) in [5.41, 5.74) is 2.27. The maximum absolute atomic E-state index is 13.8. The zero-order chi connectivity index (χ0) is 39.5. The Hall–Kier alpha value is -4.01. The van der Waals surface area contributed by atoms with Gasteiger partial charge in [-0.05, 0) is 82.8 Å². The first-order valence-electron chi connectivity index (χ1n) is 20.0. The van der Waals surface area contributed by atoms with Gasteiger partial charge in [0.05, 0.1) is 32.8 Å². The van der Waals surface area contributed by atoms with E-state index >= 15 is 0 Å². The van der Waals surface area contributed by atoms with Gasteiger partial charge in [-0.3, -0.25) is 4.79 Å². The molecule has 4 aromatic rings. The molecule has 0 fully saturated rings. The topological polar surface area (TPSA) is 63.2 Å². The highest BCUT2D eigenvalue weighted by Gasteiger charge is 2.49. The maximum atomic E-state index is 13.8. The Morgan fingerprint density at radius 3 is 1.85 bits per heavy atom. The van der Waals surface area contributed by atoms with Crippen LogP contribution in [-0.4, -0.2) is 47.3 Å². The van der Waals surface area contributed by atoms with Crippen molar-refractivity contribution in [2.45, 2.75) is 91.6 Å². The summed E-state index contributed by atoms with van der Waals surface area (Å²) in [6.45, 7) is 16.0. The van der Waals surface area contributed by atoms with Gasteiger partial charge in [0.1, 0.15) is 11.9 Å². The summed E-state index contributed by atoms with van der Waals surface area (Å²) in [7, 11) is -0.995. The molecule has 7 heteroatoms. The molecular weight excluding hydrogens is 701 g/mol. The molecule has 0 aliphatic rings. The number of carbonyl (C=O) groups excluding carboxylic acids is 1. The fourth-order valence-electron chi connectivity index (χ4n) is 7.12. The van der Waals surface area contributed by atoms with Gasteiger partial charge in [0.25, 0.3) is 8.32 Å². The summed E-state index contributed by atoms with van der Waals surface area (Å²) in [4.78, 5) is 13.8. The quantitative estimate of drug-likeness (QED) is 0.0325. The molecule has 0 amide bonds. The van der Waals surface area contributed by atoms with E-state index in [1.54, 1.807) is 7.11 Å². The van der Waals surface area contributed by atoms with Crippen LogP contribution in [0.4, 0.5) is 0 Å². The normalized spacial score (nSPS) is 14.3. The van der Waals surface area contributed by atoms with Gasteiger partial charge in [0, 0.05) is 13.2 Å². The van der Waals surface area contributed by atoms with E-state index in [9.17, 15) is 4.79 Å². The molecule has 0 unspecified atom stereocenters. The van der Waals surface area contributed by atoms with E-state index < -0.39 is 8.32 Å². The molecule has 0 bridgehead atoms. The van der Waals surface area contributed by atoms with Crippen LogP contribution in [-0.2, 0) is 36.6 Å². The Balaban J connectivity index is 1.35. The highest BCUT2D eigenvalue weighted by Crippen LogP contribution is 2.36. The average molecular weight is 765 g/mol. The molecule has 0 N–H and O–H groups in total. The Morgan fingerprint density at radius 2 is 1.27 bits per heavy atom. The third-order valence-corrected chi connectivity index (χ3v) is 15.5. The van der Waals surface area contributed by atoms with Crippen molar-refractivity contribution in [2.75, 3.05) is 26.9 Å². The fourth-order valence-corrected chi connectivity index (χ4v) is 11.6. The summed E-state index contributed by atoms with van der Waals surface area (Å²) in [5.74, 6) is 1.06. The summed E-state index contributed by atoms with van der Waals surface area (Å²) in [5, 5.41) is 2.37. The molecule has 0 heterocycles. The Morgan fingerprint density at radius 1 is 0.709 bits per heavy atom. The van der Waals surface area contributed by atoms with Gasteiger partial charge in [0.15, 0.2) is 0 Å². The average Bonchev–Trinajstić information content (AvgIpc) is 3.19. The molecule has 296 valence electrons. The number of ether oxygens (including phenoxy) is 4. The number of carbonyl (C=O) groups is 1. The molecule has 55 heavy (non-hydrogen) atoms. The van der Waals surface area contributed by atoms with Crippen molar-refractivity contribution in [1.29, 1.82) is 0 Å². The smallest absolute Gasteiger partial charge is 0.309 e. The fraction of sp³-hybridized carbons (Fsp3) is 0.438. The lowest BCUT2D eigenvalue weighted by Crippen LogP contribution is -2.66. The van der Waals surface area contributed by atoms with Crippen molar-refractivity contribution in [3.05, 3.63) is 139 Å². The standard InChI is InChI=1S/C48H64O6Si/c1-38(39(2)35-52-37-41-21-11-8-12-22-41)34-43(23-17-18-32-51-36-42-28-30-44(50-7)31-29-42)47(49)54-40(3)20-19-33-53-55(48(4,5)6,45-24-13-9-14-25-45)46-26-15-10-16-27-46/h8-16,19-22,24-31,38-40,43H,17-18,23,32-37H2,1-7H3/b20-19+/t38-,39-,40+,43-/m0/s1. The van der Waals surface area contributed by atoms with Crippen molar-refractivity contribution >= 4 is 24.7 Å². The second-order valence-corrected chi connectivity index (χ2v) is 20.1. The molecule has 0 radical (unpaired) electrons. The Kier molecular flexibility index (Phi) is 17.9. The first-order chi connectivity index (χ1) is 26.5. The molecule has 0 saturated carbocycles. The molecule has 6 nitrogen and oxygen atoms in total. The maximum Gasteiger partial charge on any atom is 0.309 e. The summed E-state index contributed by atoms with van der Waals surface area (Å²) in [6, 6.07) is 39.5. The van der Waals surface area contributed by atoms with Crippen LogP contribution in [0.15, 0.2) is 127 Å². The van der Waals surface area contributed by atoms with Crippen LogP contribution < -0.4 is 15.1 Å². The third kappa shape index (κ3) is 13.6. The largest absolute Gasteiger partial charge is 0.497 e. The van der Waals surface area contributed by atoms with Gasteiger partial charge in [-0.25, -0.2) is 0 Å². The van der Waals surface area contributed by atoms with E-state index in [1.165, 1.54) is 10.4 Å². The van der Waals surface area contributed by atoms with Gasteiger partial charge in [0.2, 0.25) is 0 Å². The number of esters is 1. The number of rotatable bonds is 23. The van der Waals surface area contributed by atoms with Gasteiger partial charge in [-0.15, -0.1) is 0 Å². The van der Waals surface area contributed by atoms with Crippen molar-refractivity contribution in [3.8, 4) is 5.75 Å². The van der Waals surface area contributed by atoms with E-state index in [1.807, 2.05) is 61.5 Å². The minimum atomic E-state index is -2.66. The van der Waals surface area contributed by atoms with E-state index in [-0.39, 0.29) is 28.9 Å². The second kappa shape index (κ2) is 22.5. The molecule has 0 saturated heterocycles. The van der Waals surface area contributed by atoms with Crippen LogP contribution >= 0.6 is 0 Å². The molecule has 0 aromatic heterocycles. The lowest BCUT2D eigenvalue weighted by molar-refractivity contribution is -0.152. The van der Waals surface area contributed by atoms with Gasteiger partial charge in [-0.2, -0.15) is 0 Å². The van der Waals surface area contributed by atoms with Crippen LogP contribution in [0.3, 0.4) is 0 Å². The predicted octanol–water partition coefficient (Wildman–Crippen LogP) is 9.94. The van der Waals surface area contributed by atoms with E-state index in [0.29, 0.717) is 39.0 Å². The first kappa shape index (κ1) is 43.7. The lowest BCUT2D eigenvalue weighted by Gasteiger charge is -2.42. The van der Waals surface area contributed by atoms with Crippen LogP contribution in [0.1, 0.15) is 78.4 Å². The number of benzene rings is 4. The summed E-state index contributed by atoms with van der Waals surface area (Å²) < 4.78 is 30.4. The SMILES string of the molecule is COc1ccc(COCCCC[C@@H](C[C@H](C)[C@@H](C)COCc2ccccc2)C(=O)O[C@H](C)/C=C/CO[Si](c2ccccc2)(c2ccccc2)C(C)(C)C)cc1. The highest BCUT2D eigenvalue weighted by atomic mass is 28.4. The van der Waals surface area contributed by atoms with Crippen LogP contribution in [0.5, 0.6) is 5.75 Å². The number of hydrogen-bond acceptors (Lipinski definition) is 6. The minimum Gasteiger partial charge on any atom is -0.497 e. The number of unbranched alkanes of at least 4 members (excludes halogenated alkanes) is 1. The first-order valence-corrected chi connectivity index (χ1v) is 21.9. The second-order valence-electron chi connectivity index (χ2n) is 15.8. The zero-order valence-electron chi connectivity index (χ0n) is 34.2. The zero-order valence-corrected chi connectivity index (χ0v) is 35.2. The molecule has 0 spiro atoms. The lowest BCUT2D eigenvalue weighted by atomic mass is 9.85. The molecule has 4 aromatic carbocycles. The van der Waals surface area contributed by atoms with Crippen molar-refractivity contribution in [2.24, 2.45) is 17.8 Å². The van der Waals surface area contributed by atoms with Crippen LogP contribution in [0.25, 0.3) is 0 Å². The van der Waals surface area contributed by atoms with Crippen molar-refractivity contribution in [1.82, 2.24) is 0 Å². The van der Waals surface area contributed by atoms with Crippen LogP contribution in [0, 0.1) is 17.8 Å². The number of methoxy groups -OCH3 is 1. The van der Waals surface area contributed by atoms with E-state index in [2.05, 4.69) is 107 Å². The number of hydrogen-bond donors (Lipinski definition) is 0. The van der Waals surface area contributed by atoms with E-state index in [4.69, 9.17) is 23.4 Å². The van der Waals surface area contributed by atoms with Gasteiger partial charge < -0.3 is 23.4 Å². The monoisotopic (exact) mass is 764 g/mol. The predicted molar refractivity (Wildman–Crippen MR) is 227 cm³/mol. The van der Waals surface area contributed by atoms with Gasteiger partial charge in [-0.1, -0.05) is 150 Å².